The number of halogens is 2. The van der Waals surface area contributed by atoms with Crippen LogP contribution in [0.15, 0.2) is 34.8 Å². The van der Waals surface area contributed by atoms with Gasteiger partial charge in [-0.15, -0.1) is 10.2 Å². The van der Waals surface area contributed by atoms with Crippen molar-refractivity contribution >= 4 is 21.7 Å². The van der Waals surface area contributed by atoms with E-state index in [-0.39, 0.29) is 5.82 Å². The molecule has 0 radical (unpaired) electrons. The van der Waals surface area contributed by atoms with Crippen LogP contribution in [0.2, 0.25) is 0 Å². The van der Waals surface area contributed by atoms with E-state index in [9.17, 15) is 4.39 Å². The number of nitrogens with two attached hydrogens (primary N) is 1. The van der Waals surface area contributed by atoms with E-state index in [0.29, 0.717) is 21.9 Å². The first-order chi connectivity index (χ1) is 7.65. The Morgan fingerprint density at radius 1 is 1.19 bits per heavy atom. The Hall–Kier alpha value is -1.69. The zero-order valence-electron chi connectivity index (χ0n) is 8.02. The topological polar surface area (TPSA) is 61.0 Å². The number of rotatable bonds is 2. The monoisotopic (exact) mass is 283 g/mol. The van der Waals surface area contributed by atoms with Gasteiger partial charge in [-0.25, -0.2) is 4.39 Å². The van der Waals surface area contributed by atoms with Gasteiger partial charge in [0.05, 0.1) is 4.47 Å². The highest BCUT2D eigenvalue weighted by Gasteiger charge is 2.03. The van der Waals surface area contributed by atoms with E-state index in [4.69, 9.17) is 10.5 Å². The number of anilines is 1. The van der Waals surface area contributed by atoms with Crippen LogP contribution in [0.4, 0.5) is 10.2 Å². The van der Waals surface area contributed by atoms with Crippen LogP contribution in [0.25, 0.3) is 0 Å². The number of nitrogen functional groups attached to an aromatic ring is 1. The Bertz CT molecular complexity index is 504. The maximum absolute atomic E-state index is 12.9. The quantitative estimate of drug-likeness (QED) is 0.921. The van der Waals surface area contributed by atoms with Gasteiger partial charge in [0.1, 0.15) is 17.4 Å². The molecule has 1 heterocycles. The molecule has 0 saturated carbocycles. The molecule has 0 aliphatic heterocycles. The van der Waals surface area contributed by atoms with Crippen LogP contribution in [0.1, 0.15) is 0 Å². The molecular weight excluding hydrogens is 277 g/mol. The predicted octanol–water partition coefficient (Wildman–Crippen LogP) is 2.75. The number of hydrogen-bond acceptors (Lipinski definition) is 4. The van der Waals surface area contributed by atoms with Gasteiger partial charge in [-0.1, -0.05) is 0 Å². The largest absolute Gasteiger partial charge is 0.437 e. The molecule has 0 atom stereocenters. The van der Waals surface area contributed by atoms with Gasteiger partial charge in [0.2, 0.25) is 5.88 Å². The summed E-state index contributed by atoms with van der Waals surface area (Å²) in [5.41, 5.74) is 5.38. The Morgan fingerprint density at radius 3 is 2.62 bits per heavy atom. The van der Waals surface area contributed by atoms with Gasteiger partial charge in [0.25, 0.3) is 0 Å². The van der Waals surface area contributed by atoms with Crippen molar-refractivity contribution in [2.45, 2.75) is 0 Å². The molecule has 2 aromatic rings. The summed E-state index contributed by atoms with van der Waals surface area (Å²) < 4.78 is 18.6. The first-order valence-corrected chi connectivity index (χ1v) is 5.16. The molecule has 1 aromatic heterocycles. The van der Waals surface area contributed by atoms with Crippen molar-refractivity contribution in [2.75, 3.05) is 5.73 Å². The van der Waals surface area contributed by atoms with Crippen molar-refractivity contribution in [3.05, 3.63) is 40.6 Å². The summed E-state index contributed by atoms with van der Waals surface area (Å²) in [5.74, 6) is 0.725. The molecular formula is C10H7BrFN3O. The Morgan fingerprint density at radius 2 is 2.00 bits per heavy atom. The minimum atomic E-state index is -0.351. The maximum Gasteiger partial charge on any atom is 0.238 e. The van der Waals surface area contributed by atoms with Gasteiger partial charge in [0, 0.05) is 6.07 Å². The van der Waals surface area contributed by atoms with E-state index < -0.39 is 0 Å². The third-order valence-corrected chi connectivity index (χ3v) is 2.38. The van der Waals surface area contributed by atoms with Crippen LogP contribution in [0, 0.1) is 5.82 Å². The maximum atomic E-state index is 12.9. The molecule has 1 aromatic carbocycles. The van der Waals surface area contributed by atoms with Crippen molar-refractivity contribution in [1.29, 1.82) is 0 Å². The summed E-state index contributed by atoms with van der Waals surface area (Å²) in [6.07, 6.45) is 0. The molecule has 0 saturated heterocycles. The van der Waals surface area contributed by atoms with Crippen LogP contribution >= 0.6 is 15.9 Å². The van der Waals surface area contributed by atoms with Gasteiger partial charge in [0.15, 0.2) is 0 Å². The molecule has 0 amide bonds. The van der Waals surface area contributed by atoms with Crippen molar-refractivity contribution in [3.63, 3.8) is 0 Å². The number of aromatic nitrogens is 2. The fourth-order valence-electron chi connectivity index (χ4n) is 1.05. The van der Waals surface area contributed by atoms with Gasteiger partial charge < -0.3 is 10.5 Å². The van der Waals surface area contributed by atoms with E-state index in [1.807, 2.05) is 0 Å². The summed E-state index contributed by atoms with van der Waals surface area (Å²) >= 11 is 3.06. The average Bonchev–Trinajstić information content (AvgIpc) is 2.27. The smallest absolute Gasteiger partial charge is 0.238 e. The second-order valence-corrected chi connectivity index (χ2v) is 3.83. The van der Waals surface area contributed by atoms with Crippen LogP contribution in [0.5, 0.6) is 11.6 Å². The van der Waals surface area contributed by atoms with E-state index in [0.717, 1.165) is 0 Å². The lowest BCUT2D eigenvalue weighted by Gasteiger charge is -2.04. The summed E-state index contributed by atoms with van der Waals surface area (Å²) in [6, 6.07) is 7.45. The van der Waals surface area contributed by atoms with Gasteiger partial charge in [-0.05, 0) is 40.2 Å². The zero-order chi connectivity index (χ0) is 11.5. The van der Waals surface area contributed by atoms with E-state index in [1.165, 1.54) is 18.2 Å². The zero-order valence-corrected chi connectivity index (χ0v) is 9.61. The SMILES string of the molecule is Nc1ccc(Oc2ccc(F)c(Br)c2)nn1. The minimum Gasteiger partial charge on any atom is -0.437 e. The summed E-state index contributed by atoms with van der Waals surface area (Å²) in [5, 5.41) is 7.35. The van der Waals surface area contributed by atoms with Crippen LogP contribution in [-0.4, -0.2) is 10.2 Å². The average molecular weight is 284 g/mol. The van der Waals surface area contributed by atoms with Crippen molar-refractivity contribution in [3.8, 4) is 11.6 Å². The fourth-order valence-corrected chi connectivity index (χ4v) is 1.40. The van der Waals surface area contributed by atoms with Crippen molar-refractivity contribution in [1.82, 2.24) is 10.2 Å². The molecule has 6 heteroatoms. The first-order valence-electron chi connectivity index (χ1n) is 4.37. The lowest BCUT2D eigenvalue weighted by Crippen LogP contribution is -1.94. The molecule has 2 rings (SSSR count). The third kappa shape index (κ3) is 2.46. The van der Waals surface area contributed by atoms with Crippen LogP contribution in [0.3, 0.4) is 0 Å². The fraction of sp³-hybridized carbons (Fsp3) is 0. The molecule has 82 valence electrons. The molecule has 0 aliphatic rings. The highest BCUT2D eigenvalue weighted by Crippen LogP contribution is 2.25. The molecule has 0 unspecified atom stereocenters. The second-order valence-electron chi connectivity index (χ2n) is 2.97. The van der Waals surface area contributed by atoms with Gasteiger partial charge in [-0.2, -0.15) is 0 Å². The number of hydrogen-bond donors (Lipinski definition) is 1. The van der Waals surface area contributed by atoms with Gasteiger partial charge >= 0.3 is 0 Å². The summed E-state index contributed by atoms with van der Waals surface area (Å²) in [7, 11) is 0. The van der Waals surface area contributed by atoms with E-state index >= 15 is 0 Å². The number of nitrogens with zero attached hydrogens (tertiary/aromatic N) is 2. The van der Waals surface area contributed by atoms with E-state index in [1.54, 1.807) is 12.1 Å². The lowest BCUT2D eigenvalue weighted by molar-refractivity contribution is 0.453. The molecule has 2 N–H and O–H groups in total. The third-order valence-electron chi connectivity index (χ3n) is 1.77. The van der Waals surface area contributed by atoms with Crippen LogP contribution in [-0.2, 0) is 0 Å². The summed E-state index contributed by atoms with van der Waals surface area (Å²) in [6.45, 7) is 0. The van der Waals surface area contributed by atoms with Crippen molar-refractivity contribution in [2.24, 2.45) is 0 Å². The molecule has 16 heavy (non-hydrogen) atoms. The number of benzene rings is 1. The minimum absolute atomic E-state index is 0.299. The molecule has 0 bridgehead atoms. The number of ether oxygens (including phenoxy) is 1. The predicted molar refractivity (Wildman–Crippen MR) is 60.6 cm³/mol. The lowest BCUT2D eigenvalue weighted by atomic mass is 10.3. The molecule has 0 spiro atoms. The Kier molecular flexibility index (Phi) is 3.00. The van der Waals surface area contributed by atoms with Crippen molar-refractivity contribution < 1.29 is 9.13 Å². The Balaban J connectivity index is 2.20. The highest BCUT2D eigenvalue weighted by molar-refractivity contribution is 9.10. The van der Waals surface area contributed by atoms with Gasteiger partial charge in [-0.3, -0.25) is 0 Å². The normalized spacial score (nSPS) is 10.1. The summed E-state index contributed by atoms with van der Waals surface area (Å²) in [4.78, 5) is 0. The Labute approximate surface area is 99.4 Å². The van der Waals surface area contributed by atoms with E-state index in [2.05, 4.69) is 26.1 Å². The molecule has 0 aliphatic carbocycles. The standard InChI is InChI=1S/C10H7BrFN3O/c11-7-5-6(1-2-8(7)12)16-10-4-3-9(13)14-15-10/h1-5H,(H2,13,14). The second kappa shape index (κ2) is 4.44. The highest BCUT2D eigenvalue weighted by atomic mass is 79.9. The van der Waals surface area contributed by atoms with Crippen LogP contribution < -0.4 is 10.5 Å². The molecule has 0 fully saturated rings. The first kappa shape index (κ1) is 10.8. The molecule has 4 nitrogen and oxygen atoms in total.